The standard InChI is InChI=1S/C14H23NO4/c1-3-4-11(5-6-13(17)18)7-8-15-12(16)9-10(2)14(15)19/h10-11H,3-9H2,1-2H3,(H,17,18). The summed E-state index contributed by atoms with van der Waals surface area (Å²) in [7, 11) is 0. The number of hydrogen-bond donors (Lipinski definition) is 1. The van der Waals surface area contributed by atoms with E-state index in [1.807, 2.05) is 0 Å². The third-order valence-corrected chi connectivity index (χ3v) is 3.69. The largest absolute Gasteiger partial charge is 0.481 e. The Morgan fingerprint density at radius 1 is 1.37 bits per heavy atom. The molecule has 0 bridgehead atoms. The van der Waals surface area contributed by atoms with Gasteiger partial charge >= 0.3 is 5.97 Å². The van der Waals surface area contributed by atoms with Gasteiger partial charge in [-0.1, -0.05) is 26.7 Å². The van der Waals surface area contributed by atoms with Crippen LogP contribution in [0.5, 0.6) is 0 Å². The van der Waals surface area contributed by atoms with E-state index in [-0.39, 0.29) is 30.1 Å². The molecule has 2 unspecified atom stereocenters. The Kier molecular flexibility index (Phi) is 5.99. The van der Waals surface area contributed by atoms with Gasteiger partial charge in [0.2, 0.25) is 11.8 Å². The van der Waals surface area contributed by atoms with Crippen molar-refractivity contribution >= 4 is 17.8 Å². The first-order valence-electron chi connectivity index (χ1n) is 7.01. The molecule has 0 saturated carbocycles. The number of carbonyl (C=O) groups is 3. The molecule has 1 fully saturated rings. The van der Waals surface area contributed by atoms with E-state index in [0.717, 1.165) is 12.8 Å². The number of nitrogens with zero attached hydrogens (tertiary/aromatic N) is 1. The number of rotatable bonds is 8. The zero-order valence-electron chi connectivity index (χ0n) is 11.7. The van der Waals surface area contributed by atoms with E-state index >= 15 is 0 Å². The Morgan fingerprint density at radius 2 is 2.05 bits per heavy atom. The van der Waals surface area contributed by atoms with Crippen LogP contribution in [0.1, 0.15) is 52.4 Å². The molecular formula is C14H23NO4. The second-order valence-electron chi connectivity index (χ2n) is 5.36. The molecule has 19 heavy (non-hydrogen) atoms. The number of carboxylic acid groups (broad SMARTS) is 1. The lowest BCUT2D eigenvalue weighted by Gasteiger charge is -2.19. The number of amides is 2. The first kappa shape index (κ1) is 15.7. The molecule has 2 atom stereocenters. The highest BCUT2D eigenvalue weighted by Crippen LogP contribution is 2.23. The van der Waals surface area contributed by atoms with Crippen molar-refractivity contribution in [1.29, 1.82) is 0 Å². The van der Waals surface area contributed by atoms with Crippen LogP contribution >= 0.6 is 0 Å². The molecule has 1 aliphatic rings. The van der Waals surface area contributed by atoms with Crippen LogP contribution in [0.15, 0.2) is 0 Å². The highest BCUT2D eigenvalue weighted by atomic mass is 16.4. The van der Waals surface area contributed by atoms with Gasteiger partial charge in [0.1, 0.15) is 0 Å². The van der Waals surface area contributed by atoms with E-state index in [0.29, 0.717) is 25.8 Å². The van der Waals surface area contributed by atoms with Crippen LogP contribution in [-0.2, 0) is 14.4 Å². The summed E-state index contributed by atoms with van der Waals surface area (Å²) in [6, 6.07) is 0. The van der Waals surface area contributed by atoms with Gasteiger partial charge in [-0.05, 0) is 18.8 Å². The third kappa shape index (κ3) is 4.65. The number of carboxylic acids is 1. The molecule has 0 radical (unpaired) electrons. The quantitative estimate of drug-likeness (QED) is 0.684. The first-order valence-corrected chi connectivity index (χ1v) is 7.01. The van der Waals surface area contributed by atoms with Gasteiger partial charge in [-0.25, -0.2) is 0 Å². The van der Waals surface area contributed by atoms with Crippen molar-refractivity contribution in [2.75, 3.05) is 6.54 Å². The van der Waals surface area contributed by atoms with Gasteiger partial charge in [0.05, 0.1) is 0 Å². The molecule has 1 rings (SSSR count). The molecule has 1 saturated heterocycles. The molecule has 1 heterocycles. The van der Waals surface area contributed by atoms with Crippen molar-refractivity contribution in [2.24, 2.45) is 11.8 Å². The summed E-state index contributed by atoms with van der Waals surface area (Å²) in [5.74, 6) is -0.888. The maximum Gasteiger partial charge on any atom is 0.303 e. The van der Waals surface area contributed by atoms with Crippen molar-refractivity contribution < 1.29 is 19.5 Å². The van der Waals surface area contributed by atoms with Crippen molar-refractivity contribution in [3.63, 3.8) is 0 Å². The fraction of sp³-hybridized carbons (Fsp3) is 0.786. The van der Waals surface area contributed by atoms with E-state index in [9.17, 15) is 14.4 Å². The molecule has 1 N–H and O–H groups in total. The molecule has 0 aromatic heterocycles. The molecule has 0 aromatic carbocycles. The third-order valence-electron chi connectivity index (χ3n) is 3.69. The summed E-state index contributed by atoms with van der Waals surface area (Å²) >= 11 is 0. The number of likely N-dealkylation sites (tertiary alicyclic amines) is 1. The monoisotopic (exact) mass is 269 g/mol. The normalized spacial score (nSPS) is 20.9. The second kappa shape index (κ2) is 7.26. The van der Waals surface area contributed by atoms with E-state index in [4.69, 9.17) is 5.11 Å². The Balaban J connectivity index is 2.44. The van der Waals surface area contributed by atoms with Gasteiger partial charge in [0.15, 0.2) is 0 Å². The van der Waals surface area contributed by atoms with Gasteiger partial charge in [-0.3, -0.25) is 19.3 Å². The van der Waals surface area contributed by atoms with E-state index in [1.54, 1.807) is 6.92 Å². The minimum absolute atomic E-state index is 0.0847. The van der Waals surface area contributed by atoms with E-state index < -0.39 is 5.97 Å². The number of aliphatic carboxylic acids is 1. The Bertz CT molecular complexity index is 353. The molecule has 5 heteroatoms. The molecular weight excluding hydrogens is 246 g/mol. The SMILES string of the molecule is CCCC(CCC(=O)O)CCN1C(=O)CC(C)C1=O. The average Bonchev–Trinajstić information content (AvgIpc) is 2.58. The van der Waals surface area contributed by atoms with Crippen LogP contribution in [-0.4, -0.2) is 34.3 Å². The summed E-state index contributed by atoms with van der Waals surface area (Å²) in [5, 5.41) is 8.71. The summed E-state index contributed by atoms with van der Waals surface area (Å²) in [5.41, 5.74) is 0. The van der Waals surface area contributed by atoms with Crippen molar-refractivity contribution in [3.8, 4) is 0 Å². The minimum Gasteiger partial charge on any atom is -0.481 e. The first-order chi connectivity index (χ1) is 8.95. The topological polar surface area (TPSA) is 74.7 Å². The number of carbonyl (C=O) groups excluding carboxylic acids is 2. The smallest absolute Gasteiger partial charge is 0.303 e. The molecule has 5 nitrogen and oxygen atoms in total. The van der Waals surface area contributed by atoms with Crippen LogP contribution in [0.2, 0.25) is 0 Å². The average molecular weight is 269 g/mol. The molecule has 1 aliphatic heterocycles. The highest BCUT2D eigenvalue weighted by molar-refractivity contribution is 6.03. The molecule has 0 aromatic rings. The maximum atomic E-state index is 11.8. The lowest BCUT2D eigenvalue weighted by Crippen LogP contribution is -2.32. The fourth-order valence-corrected chi connectivity index (χ4v) is 2.56. The highest BCUT2D eigenvalue weighted by Gasteiger charge is 2.35. The lowest BCUT2D eigenvalue weighted by molar-refractivity contribution is -0.140. The van der Waals surface area contributed by atoms with E-state index in [1.165, 1.54) is 4.90 Å². The molecule has 0 spiro atoms. The summed E-state index contributed by atoms with van der Waals surface area (Å²) in [6.45, 7) is 4.27. The van der Waals surface area contributed by atoms with Crippen molar-refractivity contribution in [2.45, 2.75) is 52.4 Å². The zero-order chi connectivity index (χ0) is 14.4. The predicted octanol–water partition coefficient (Wildman–Crippen LogP) is 2.05. The Labute approximate surface area is 114 Å². The molecule has 2 amide bonds. The van der Waals surface area contributed by atoms with Crippen molar-refractivity contribution in [1.82, 2.24) is 4.90 Å². The van der Waals surface area contributed by atoms with Gasteiger partial charge in [-0.15, -0.1) is 0 Å². The van der Waals surface area contributed by atoms with Crippen LogP contribution in [0, 0.1) is 11.8 Å². The Hall–Kier alpha value is -1.39. The lowest BCUT2D eigenvalue weighted by atomic mass is 9.94. The number of imide groups is 1. The molecule has 108 valence electrons. The van der Waals surface area contributed by atoms with Gasteiger partial charge in [0.25, 0.3) is 0 Å². The van der Waals surface area contributed by atoms with Crippen LogP contribution < -0.4 is 0 Å². The summed E-state index contributed by atoms with van der Waals surface area (Å²) in [6.07, 6.45) is 3.73. The van der Waals surface area contributed by atoms with Crippen LogP contribution in [0.3, 0.4) is 0 Å². The summed E-state index contributed by atoms with van der Waals surface area (Å²) in [4.78, 5) is 35.3. The van der Waals surface area contributed by atoms with Gasteiger partial charge in [0, 0.05) is 25.3 Å². The Morgan fingerprint density at radius 3 is 2.53 bits per heavy atom. The van der Waals surface area contributed by atoms with Crippen molar-refractivity contribution in [3.05, 3.63) is 0 Å². The van der Waals surface area contributed by atoms with Gasteiger partial charge in [-0.2, -0.15) is 0 Å². The maximum absolute atomic E-state index is 11.8. The summed E-state index contributed by atoms with van der Waals surface area (Å²) < 4.78 is 0. The molecule has 0 aliphatic carbocycles. The van der Waals surface area contributed by atoms with E-state index in [2.05, 4.69) is 6.92 Å². The van der Waals surface area contributed by atoms with Crippen LogP contribution in [0.4, 0.5) is 0 Å². The predicted molar refractivity (Wildman–Crippen MR) is 70.4 cm³/mol. The number of hydrogen-bond acceptors (Lipinski definition) is 3. The minimum atomic E-state index is -0.789. The fourth-order valence-electron chi connectivity index (χ4n) is 2.56. The van der Waals surface area contributed by atoms with Crippen LogP contribution in [0.25, 0.3) is 0 Å². The van der Waals surface area contributed by atoms with Gasteiger partial charge < -0.3 is 5.11 Å². The second-order valence-corrected chi connectivity index (χ2v) is 5.36. The zero-order valence-corrected chi connectivity index (χ0v) is 11.7.